The fourth-order valence-electron chi connectivity index (χ4n) is 6.34. The Labute approximate surface area is 297 Å². The van der Waals surface area contributed by atoms with E-state index in [1.807, 2.05) is 0 Å². The van der Waals surface area contributed by atoms with Gasteiger partial charge in [0.25, 0.3) is 0 Å². The molecule has 226 valence electrons. The number of fused-ring (bicyclic) bond motifs is 4. The van der Waals surface area contributed by atoms with E-state index in [0.717, 1.165) is 9.52 Å². The maximum absolute atomic E-state index is 2.28. The smallest absolute Gasteiger partial charge is 0.358 e. The van der Waals surface area contributed by atoms with Crippen LogP contribution in [0.1, 0.15) is 11.1 Å². The van der Waals surface area contributed by atoms with E-state index in [9.17, 15) is 0 Å². The van der Waals surface area contributed by atoms with E-state index in [1.54, 1.807) is 0 Å². The van der Waals surface area contributed by atoms with Crippen LogP contribution in [0, 0.1) is 28.7 Å². The molecule has 0 fully saturated rings. The molecule has 0 bridgehead atoms. The zero-order valence-electron chi connectivity index (χ0n) is 27.9. The largest absolute Gasteiger partial charge is 4.00 e. The van der Waals surface area contributed by atoms with Gasteiger partial charge in [-0.3, -0.25) is 0 Å². The van der Waals surface area contributed by atoms with E-state index in [-0.39, 0.29) is 41.1 Å². The third kappa shape index (κ3) is 7.25. The molecule has 0 aliphatic carbocycles. The van der Waals surface area contributed by atoms with Gasteiger partial charge < -0.3 is 14.9 Å². The fourth-order valence-corrected chi connectivity index (χ4v) is 6.34. The minimum Gasteiger partial charge on any atom is -0.358 e. The van der Waals surface area contributed by atoms with E-state index in [0.29, 0.717) is 0 Å². The van der Waals surface area contributed by atoms with Crippen molar-refractivity contribution in [2.24, 2.45) is 0 Å². The Bertz CT molecular complexity index is 2000. The van der Waals surface area contributed by atoms with Crippen molar-refractivity contribution in [3.63, 3.8) is 0 Å². The summed E-state index contributed by atoms with van der Waals surface area (Å²) in [5.41, 5.74) is 8.11. The molecule has 8 aromatic carbocycles. The van der Waals surface area contributed by atoms with Gasteiger partial charge in [-0.05, 0) is 21.5 Å². The molecule has 2 heteroatoms. The Morgan fingerprint density at radius 2 is 0.717 bits per heavy atom. The first-order valence-electron chi connectivity index (χ1n) is 15.0. The van der Waals surface area contributed by atoms with Crippen molar-refractivity contribution < 1.29 is 26.2 Å². The van der Waals surface area contributed by atoms with Crippen molar-refractivity contribution >= 4 is 52.6 Å². The van der Waals surface area contributed by atoms with E-state index in [4.69, 9.17) is 0 Å². The maximum Gasteiger partial charge on any atom is 4.00 e. The summed E-state index contributed by atoms with van der Waals surface area (Å²) in [7, 11) is 1.08. The predicted molar refractivity (Wildman–Crippen MR) is 205 cm³/mol. The van der Waals surface area contributed by atoms with Gasteiger partial charge in [0, 0.05) is 9.52 Å². The summed E-state index contributed by atoms with van der Waals surface area (Å²) < 4.78 is 0. The Kier molecular flexibility index (Phi) is 13.2. The summed E-state index contributed by atoms with van der Waals surface area (Å²) in [4.78, 5) is 0. The minimum atomic E-state index is 0. The Morgan fingerprint density at radius 1 is 0.413 bits per heavy atom. The van der Waals surface area contributed by atoms with E-state index >= 15 is 0 Å². The van der Waals surface area contributed by atoms with Crippen LogP contribution in [0.2, 0.25) is 13.1 Å². The number of hydrogen-bond donors (Lipinski definition) is 0. The van der Waals surface area contributed by atoms with Crippen LogP contribution in [0.3, 0.4) is 0 Å². The molecule has 0 amide bonds. The van der Waals surface area contributed by atoms with Crippen LogP contribution in [0.4, 0.5) is 0 Å². The van der Waals surface area contributed by atoms with Crippen molar-refractivity contribution in [1.82, 2.24) is 0 Å². The third-order valence-corrected chi connectivity index (χ3v) is 8.11. The topological polar surface area (TPSA) is 0 Å². The van der Waals surface area contributed by atoms with Gasteiger partial charge in [0.15, 0.2) is 0 Å². The number of benzene rings is 6. The Morgan fingerprint density at radius 3 is 1.11 bits per heavy atom. The van der Waals surface area contributed by atoms with Gasteiger partial charge in [0.2, 0.25) is 0 Å². The van der Waals surface area contributed by atoms with Gasteiger partial charge in [-0.25, -0.2) is 0 Å². The molecule has 0 saturated heterocycles. The second-order valence-electron chi connectivity index (χ2n) is 11.1. The maximum atomic E-state index is 2.28. The van der Waals surface area contributed by atoms with Gasteiger partial charge in [0.05, 0.1) is 0 Å². The standard InChI is InChI=1S/2C20H15.C2H6Si.2CH3.Zr/c2*1-14-13-16-8-3-5-11-18(16)20(14)19-12-6-9-15-7-2-4-10-17(15)19;1-3-2;;;/h2*2-13H,1H3;1-2H3;2*1H3;/q2*-1;;2*-1;+4. The van der Waals surface area contributed by atoms with Crippen molar-refractivity contribution in [2.75, 3.05) is 0 Å². The molecule has 0 atom stereocenters. The molecule has 0 aliphatic heterocycles. The van der Waals surface area contributed by atoms with Crippen LogP contribution in [0.5, 0.6) is 0 Å². The molecule has 0 aromatic heterocycles. The minimum absolute atomic E-state index is 0. The molecule has 0 heterocycles. The molecule has 0 saturated carbocycles. The van der Waals surface area contributed by atoms with Crippen LogP contribution in [0.25, 0.3) is 65.3 Å². The Balaban J connectivity index is 0.000000218. The summed E-state index contributed by atoms with van der Waals surface area (Å²) in [5.74, 6) is 0. The van der Waals surface area contributed by atoms with Crippen LogP contribution in [-0.4, -0.2) is 9.52 Å². The molecule has 0 nitrogen and oxygen atoms in total. The van der Waals surface area contributed by atoms with Crippen molar-refractivity contribution in [1.29, 1.82) is 0 Å². The molecule has 8 rings (SSSR count). The summed E-state index contributed by atoms with van der Waals surface area (Å²) >= 11 is 0. The average molecular weight is 690 g/mol. The molecule has 0 spiro atoms. The summed E-state index contributed by atoms with van der Waals surface area (Å²) in [6, 6.07) is 52.2. The van der Waals surface area contributed by atoms with Crippen LogP contribution >= 0.6 is 0 Å². The summed E-state index contributed by atoms with van der Waals surface area (Å²) in [6.45, 7) is 8.72. The van der Waals surface area contributed by atoms with E-state index in [1.165, 1.54) is 76.5 Å². The second kappa shape index (κ2) is 16.6. The van der Waals surface area contributed by atoms with Crippen LogP contribution in [-0.2, 0) is 26.2 Å². The Hall–Kier alpha value is -3.84. The number of hydrogen-bond acceptors (Lipinski definition) is 0. The molecule has 0 aliphatic rings. The van der Waals surface area contributed by atoms with Gasteiger partial charge in [0.1, 0.15) is 0 Å². The third-order valence-electron chi connectivity index (χ3n) is 8.11. The van der Waals surface area contributed by atoms with Gasteiger partial charge in [-0.1, -0.05) is 135 Å². The first-order chi connectivity index (χ1) is 21.1. The number of aryl methyl sites for hydroxylation is 2. The molecule has 2 radical (unpaired) electrons. The fraction of sp³-hybridized carbons (Fsp3) is 0.0909. The monoisotopic (exact) mass is 688 g/mol. The molecule has 0 unspecified atom stereocenters. The van der Waals surface area contributed by atoms with Gasteiger partial charge >= 0.3 is 26.2 Å². The van der Waals surface area contributed by atoms with Crippen molar-refractivity contribution in [3.8, 4) is 22.3 Å². The SMILES string of the molecule is C[Si]C.Cc1[cH-]c2ccccc2c1-c1cccc2ccccc12.Cc1[cH-]c2ccccc2c1-c1cccc2ccccc12.[CH3-].[CH3-].[Zr+4]. The van der Waals surface area contributed by atoms with Crippen molar-refractivity contribution in [3.05, 3.63) is 172 Å². The van der Waals surface area contributed by atoms with Gasteiger partial charge in [-0.2, -0.15) is 0 Å². The first-order valence-corrected chi connectivity index (χ1v) is 17.0. The van der Waals surface area contributed by atoms with Crippen LogP contribution < -0.4 is 0 Å². The van der Waals surface area contributed by atoms with Crippen LogP contribution in [0.15, 0.2) is 146 Å². The molecular formula is C44H42SiZr. The normalized spacial score (nSPS) is 10.2. The molecular weight excluding hydrogens is 648 g/mol. The molecule has 0 N–H and O–H groups in total. The zero-order chi connectivity index (χ0) is 29.8. The zero-order valence-corrected chi connectivity index (χ0v) is 31.3. The molecule has 8 aromatic rings. The number of rotatable bonds is 2. The second-order valence-corrected chi connectivity index (χ2v) is 12.1. The van der Waals surface area contributed by atoms with Crippen molar-refractivity contribution in [2.45, 2.75) is 26.9 Å². The molecule has 46 heavy (non-hydrogen) atoms. The quantitative estimate of drug-likeness (QED) is 0.125. The van der Waals surface area contributed by atoms with Gasteiger partial charge in [-0.15, -0.1) is 92.3 Å². The van der Waals surface area contributed by atoms with E-state index in [2.05, 4.69) is 173 Å². The van der Waals surface area contributed by atoms with E-state index < -0.39 is 0 Å². The average Bonchev–Trinajstić information content (AvgIpc) is 3.56. The summed E-state index contributed by atoms with van der Waals surface area (Å²) in [5, 5.41) is 10.6. The summed E-state index contributed by atoms with van der Waals surface area (Å²) in [6.07, 6.45) is 0. The first kappa shape index (κ1) is 36.6. The predicted octanol–water partition coefficient (Wildman–Crippen LogP) is 13.1.